The first-order valence-electron chi connectivity index (χ1n) is 8.57. The predicted molar refractivity (Wildman–Crippen MR) is 100 cm³/mol. The summed E-state index contributed by atoms with van der Waals surface area (Å²) in [4.78, 5) is 0. The molecule has 0 fully saturated rings. The van der Waals surface area contributed by atoms with Crippen molar-refractivity contribution in [2.24, 2.45) is 5.73 Å². The lowest BCUT2D eigenvalue weighted by atomic mass is 10.0. The van der Waals surface area contributed by atoms with Gasteiger partial charge >= 0.3 is 0 Å². The van der Waals surface area contributed by atoms with Crippen LogP contribution in [0.25, 0.3) is 0 Å². The van der Waals surface area contributed by atoms with Crippen molar-refractivity contribution in [1.29, 1.82) is 0 Å². The first kappa shape index (κ1) is 21.1. The van der Waals surface area contributed by atoms with Crippen molar-refractivity contribution in [2.75, 3.05) is 26.4 Å². The summed E-state index contributed by atoms with van der Waals surface area (Å²) in [6.07, 6.45) is 1.96. The molecule has 0 aromatic heterocycles. The van der Waals surface area contributed by atoms with Gasteiger partial charge in [0.25, 0.3) is 0 Å². The summed E-state index contributed by atoms with van der Waals surface area (Å²) >= 11 is 0. The molecule has 0 aliphatic carbocycles. The summed E-state index contributed by atoms with van der Waals surface area (Å²) in [5.41, 5.74) is 6.49. The molecule has 0 radical (unpaired) electrons. The maximum Gasteiger partial charge on any atom is 0.119 e. The Bertz CT molecular complexity index is 486. The minimum absolute atomic E-state index is 0.0806. The summed E-state index contributed by atoms with van der Waals surface area (Å²) in [6, 6.07) is 8.04. The van der Waals surface area contributed by atoms with Crippen LogP contribution in [0.4, 0.5) is 0 Å². The van der Waals surface area contributed by atoms with Crippen LogP contribution in [-0.2, 0) is 15.7 Å². The zero-order chi connectivity index (χ0) is 18.0. The van der Waals surface area contributed by atoms with Crippen molar-refractivity contribution < 1.29 is 13.7 Å². The molecule has 0 heterocycles. The molecule has 0 spiro atoms. The van der Waals surface area contributed by atoms with Crippen LogP contribution in [0.3, 0.4) is 0 Å². The Morgan fingerprint density at radius 3 is 2.38 bits per heavy atom. The van der Waals surface area contributed by atoms with E-state index in [9.17, 15) is 4.21 Å². The van der Waals surface area contributed by atoms with Crippen LogP contribution < -0.4 is 15.2 Å². The van der Waals surface area contributed by atoms with Crippen LogP contribution in [0.5, 0.6) is 5.75 Å². The number of hydrogen-bond donors (Lipinski definition) is 2. The summed E-state index contributed by atoms with van der Waals surface area (Å²) in [7, 11) is -1.09. The summed E-state index contributed by atoms with van der Waals surface area (Å²) in [5, 5.41) is 0. The van der Waals surface area contributed by atoms with E-state index in [0.29, 0.717) is 26.4 Å². The van der Waals surface area contributed by atoms with Gasteiger partial charge < -0.3 is 15.2 Å². The zero-order valence-corrected chi connectivity index (χ0v) is 16.2. The monoisotopic (exact) mass is 356 g/mol. The second kappa shape index (κ2) is 10.8. The molecule has 0 saturated heterocycles. The average molecular weight is 357 g/mol. The Labute approximate surface area is 148 Å². The van der Waals surface area contributed by atoms with Crippen LogP contribution >= 0.6 is 0 Å². The molecule has 1 aromatic rings. The highest BCUT2D eigenvalue weighted by Gasteiger charge is 2.23. The van der Waals surface area contributed by atoms with Gasteiger partial charge in [0.2, 0.25) is 0 Å². The first-order chi connectivity index (χ1) is 11.4. The van der Waals surface area contributed by atoms with Gasteiger partial charge in [-0.1, -0.05) is 25.5 Å². The molecule has 0 aliphatic rings. The predicted octanol–water partition coefficient (Wildman–Crippen LogP) is 2.93. The fourth-order valence-electron chi connectivity index (χ4n) is 2.09. The summed E-state index contributed by atoms with van der Waals surface area (Å²) in [5.74, 6) is 0.808. The van der Waals surface area contributed by atoms with Crippen LogP contribution in [0.1, 0.15) is 52.1 Å². The van der Waals surface area contributed by atoms with Crippen molar-refractivity contribution in [3.05, 3.63) is 29.8 Å². The van der Waals surface area contributed by atoms with Crippen molar-refractivity contribution in [1.82, 2.24) is 4.72 Å². The molecule has 6 heteroatoms. The highest BCUT2D eigenvalue weighted by Crippen LogP contribution is 2.23. The minimum Gasteiger partial charge on any atom is -0.491 e. The Morgan fingerprint density at radius 1 is 1.17 bits per heavy atom. The highest BCUT2D eigenvalue weighted by molar-refractivity contribution is 7.84. The lowest BCUT2D eigenvalue weighted by molar-refractivity contribution is 0.106. The van der Waals surface area contributed by atoms with Crippen molar-refractivity contribution >= 4 is 11.0 Å². The molecule has 3 N–H and O–H groups in total. The minimum atomic E-state index is -1.09. The molecule has 1 aromatic carbocycles. The number of benzene rings is 1. The van der Waals surface area contributed by atoms with Crippen molar-refractivity contribution in [3.8, 4) is 5.75 Å². The maximum atomic E-state index is 12.4. The largest absolute Gasteiger partial charge is 0.491 e. The SMILES string of the molecule is CCCC(NS(=O)C(C)(C)C)c1ccc(OCCOCCN)cc1. The van der Waals surface area contributed by atoms with Crippen molar-refractivity contribution in [3.63, 3.8) is 0 Å². The van der Waals surface area contributed by atoms with Gasteiger partial charge in [0, 0.05) is 12.6 Å². The molecule has 2 atom stereocenters. The van der Waals surface area contributed by atoms with Gasteiger partial charge in [0.15, 0.2) is 0 Å². The average Bonchev–Trinajstić information content (AvgIpc) is 2.54. The number of rotatable bonds is 11. The van der Waals surface area contributed by atoms with Gasteiger partial charge in [-0.25, -0.2) is 8.93 Å². The third-order valence-electron chi connectivity index (χ3n) is 3.42. The van der Waals surface area contributed by atoms with E-state index in [1.807, 2.05) is 45.0 Å². The zero-order valence-electron chi connectivity index (χ0n) is 15.3. The Morgan fingerprint density at radius 2 is 1.83 bits per heavy atom. The topological polar surface area (TPSA) is 73.6 Å². The van der Waals surface area contributed by atoms with Gasteiger partial charge in [-0.05, 0) is 44.9 Å². The molecule has 24 heavy (non-hydrogen) atoms. The quantitative estimate of drug-likeness (QED) is 0.598. The van der Waals surface area contributed by atoms with E-state index in [2.05, 4.69) is 11.6 Å². The van der Waals surface area contributed by atoms with Gasteiger partial charge in [-0.15, -0.1) is 0 Å². The fourth-order valence-corrected chi connectivity index (χ4v) is 2.95. The third kappa shape index (κ3) is 7.75. The first-order valence-corrected chi connectivity index (χ1v) is 9.72. The third-order valence-corrected chi connectivity index (χ3v) is 5.03. The van der Waals surface area contributed by atoms with Crippen LogP contribution in [0.15, 0.2) is 24.3 Å². The number of nitrogens with two attached hydrogens (primary N) is 1. The molecule has 0 aliphatic heterocycles. The molecule has 0 bridgehead atoms. The standard InChI is InChI=1S/C18H32N2O3S/c1-5-6-17(20-24(21)18(2,3)4)15-7-9-16(10-8-15)23-14-13-22-12-11-19/h7-10,17,20H,5-6,11-14,19H2,1-4H3. The van der Waals surface area contributed by atoms with Crippen molar-refractivity contribution in [2.45, 2.75) is 51.3 Å². The molecule has 0 saturated carbocycles. The van der Waals surface area contributed by atoms with Crippen LogP contribution in [-0.4, -0.2) is 35.3 Å². The molecule has 1 rings (SSSR count). The normalized spacial score (nSPS) is 14.4. The molecule has 2 unspecified atom stereocenters. The highest BCUT2D eigenvalue weighted by atomic mass is 32.2. The lowest BCUT2D eigenvalue weighted by Gasteiger charge is -2.24. The number of ether oxygens (including phenoxy) is 2. The summed E-state index contributed by atoms with van der Waals surface area (Å²) in [6.45, 7) is 10.2. The number of hydrogen-bond acceptors (Lipinski definition) is 4. The molecular weight excluding hydrogens is 324 g/mol. The molecule has 5 nitrogen and oxygen atoms in total. The van der Waals surface area contributed by atoms with Gasteiger partial charge in [-0.2, -0.15) is 0 Å². The maximum absolute atomic E-state index is 12.4. The molecule has 138 valence electrons. The second-order valence-electron chi connectivity index (χ2n) is 6.66. The van der Waals surface area contributed by atoms with E-state index >= 15 is 0 Å². The Hall–Kier alpha value is -0.950. The smallest absolute Gasteiger partial charge is 0.119 e. The van der Waals surface area contributed by atoms with E-state index < -0.39 is 11.0 Å². The lowest BCUT2D eigenvalue weighted by Crippen LogP contribution is -2.35. The van der Waals surface area contributed by atoms with Crippen LogP contribution in [0.2, 0.25) is 0 Å². The van der Waals surface area contributed by atoms with E-state index in [0.717, 1.165) is 24.2 Å². The Balaban J connectivity index is 2.60. The van der Waals surface area contributed by atoms with E-state index in [-0.39, 0.29) is 10.8 Å². The van der Waals surface area contributed by atoms with Gasteiger partial charge in [-0.3, -0.25) is 0 Å². The number of nitrogens with one attached hydrogen (secondary N) is 1. The second-order valence-corrected chi connectivity index (χ2v) is 8.66. The molecular formula is C18H32N2O3S. The van der Waals surface area contributed by atoms with Gasteiger partial charge in [0.1, 0.15) is 12.4 Å². The fraction of sp³-hybridized carbons (Fsp3) is 0.667. The molecule has 0 amide bonds. The van der Waals surface area contributed by atoms with Gasteiger partial charge in [0.05, 0.1) is 28.9 Å². The Kier molecular flexibility index (Phi) is 9.51. The summed E-state index contributed by atoms with van der Waals surface area (Å²) < 4.78 is 26.3. The van der Waals surface area contributed by atoms with E-state index in [1.54, 1.807) is 0 Å². The van der Waals surface area contributed by atoms with Crippen LogP contribution in [0, 0.1) is 0 Å². The van der Waals surface area contributed by atoms with E-state index in [1.165, 1.54) is 0 Å². The van der Waals surface area contributed by atoms with E-state index in [4.69, 9.17) is 15.2 Å².